The molecule has 1 aliphatic heterocycles. The highest BCUT2D eigenvalue weighted by molar-refractivity contribution is 5.93. The maximum Gasteiger partial charge on any atom is 0.277 e. The Morgan fingerprint density at radius 1 is 1.33 bits per heavy atom. The van der Waals surface area contributed by atoms with Gasteiger partial charge in [-0.25, -0.2) is 4.98 Å². The predicted octanol–water partition coefficient (Wildman–Crippen LogP) is 3.36. The van der Waals surface area contributed by atoms with Crippen LogP contribution in [0.5, 0.6) is 0 Å². The van der Waals surface area contributed by atoms with Crippen molar-refractivity contribution in [2.45, 2.75) is 46.1 Å². The molecule has 6 heteroatoms. The van der Waals surface area contributed by atoms with Gasteiger partial charge in [0, 0.05) is 38.4 Å². The molecule has 0 N–H and O–H groups in total. The number of pyridine rings is 1. The third kappa shape index (κ3) is 3.59. The van der Waals surface area contributed by atoms with Gasteiger partial charge in [0.05, 0.1) is 0 Å². The van der Waals surface area contributed by atoms with Gasteiger partial charge in [-0.2, -0.15) is 4.39 Å². The van der Waals surface area contributed by atoms with E-state index in [1.54, 1.807) is 12.3 Å². The summed E-state index contributed by atoms with van der Waals surface area (Å²) in [4.78, 5) is 21.9. The first-order chi connectivity index (χ1) is 13.0. The molecule has 2 aliphatic rings. The average molecular weight is 372 g/mol. The molecule has 0 unspecified atom stereocenters. The van der Waals surface area contributed by atoms with E-state index in [0.717, 1.165) is 31.0 Å². The number of amides is 1. The molecule has 1 saturated carbocycles. The van der Waals surface area contributed by atoms with E-state index in [1.165, 1.54) is 17.2 Å². The molecule has 1 atom stereocenters. The van der Waals surface area contributed by atoms with Crippen LogP contribution in [0.1, 0.15) is 49.2 Å². The van der Waals surface area contributed by atoms with Gasteiger partial charge in [-0.15, -0.1) is 0 Å². The maximum absolute atomic E-state index is 14.9. The van der Waals surface area contributed by atoms with Crippen molar-refractivity contribution in [3.63, 3.8) is 0 Å². The molecular weight excluding hydrogens is 343 g/mol. The van der Waals surface area contributed by atoms with Gasteiger partial charge in [0.25, 0.3) is 5.91 Å². The topological polar surface area (TPSA) is 40.9 Å². The Labute approximate surface area is 160 Å². The monoisotopic (exact) mass is 372 g/mol. The van der Waals surface area contributed by atoms with Crippen molar-refractivity contribution in [1.29, 1.82) is 0 Å². The van der Waals surface area contributed by atoms with Gasteiger partial charge in [-0.1, -0.05) is 19.9 Å². The molecule has 2 aromatic heterocycles. The summed E-state index contributed by atoms with van der Waals surface area (Å²) >= 11 is 0. The van der Waals surface area contributed by atoms with Gasteiger partial charge in [0.15, 0.2) is 5.69 Å². The lowest BCUT2D eigenvalue weighted by Crippen LogP contribution is -2.46. The number of rotatable bonds is 4. The number of aryl methyl sites for hydroxylation is 1. The molecule has 0 radical (unpaired) electrons. The van der Waals surface area contributed by atoms with Crippen LogP contribution in [0.2, 0.25) is 0 Å². The molecule has 2 fully saturated rings. The van der Waals surface area contributed by atoms with Crippen LogP contribution in [0.3, 0.4) is 0 Å². The van der Waals surface area contributed by atoms with Gasteiger partial charge < -0.3 is 4.90 Å². The number of nitrogens with zero attached hydrogens (tertiary/aromatic N) is 4. The summed E-state index contributed by atoms with van der Waals surface area (Å²) < 4.78 is 16.2. The lowest BCUT2D eigenvalue weighted by molar-refractivity contribution is 0.0694. The highest BCUT2D eigenvalue weighted by Gasteiger charge is 2.34. The van der Waals surface area contributed by atoms with Crippen LogP contribution in [0.15, 0.2) is 18.3 Å². The SMILES string of the molecule is Cc1cccn2c(F)c(C(=O)N3CCCN(CC4CC4)[C@H](C(C)C)C3)nc12. The number of hydrogen-bond acceptors (Lipinski definition) is 3. The number of hydrogen-bond donors (Lipinski definition) is 0. The third-order valence-corrected chi connectivity index (χ3v) is 5.99. The number of carbonyl (C=O) groups is 1. The van der Waals surface area contributed by atoms with E-state index < -0.39 is 5.95 Å². The number of halogens is 1. The molecular formula is C21H29FN4O. The van der Waals surface area contributed by atoms with Crippen LogP contribution in [0.4, 0.5) is 4.39 Å². The number of carbonyl (C=O) groups excluding carboxylic acids is 1. The normalized spacial score (nSPS) is 21.8. The Bertz CT molecular complexity index is 842. The summed E-state index contributed by atoms with van der Waals surface area (Å²) in [5.41, 5.74) is 1.33. The van der Waals surface area contributed by atoms with Gasteiger partial charge in [0.2, 0.25) is 5.95 Å². The van der Waals surface area contributed by atoms with Gasteiger partial charge in [-0.3, -0.25) is 14.1 Å². The first-order valence-electron chi connectivity index (χ1n) is 10.1. The predicted molar refractivity (Wildman–Crippen MR) is 103 cm³/mol. The largest absolute Gasteiger partial charge is 0.336 e. The Kier molecular flexibility index (Phi) is 4.93. The van der Waals surface area contributed by atoms with Crippen molar-refractivity contribution in [2.24, 2.45) is 11.8 Å². The number of imidazole rings is 1. The number of fused-ring (bicyclic) bond motifs is 1. The number of aromatic nitrogens is 2. The molecule has 0 spiro atoms. The van der Waals surface area contributed by atoms with Crippen molar-refractivity contribution in [3.8, 4) is 0 Å². The maximum atomic E-state index is 14.9. The second-order valence-corrected chi connectivity index (χ2v) is 8.49. The standard InChI is InChI=1S/C21H29FN4O/c1-14(2)17-13-25(10-5-9-24(17)12-16-7-8-16)21(27)18-19(22)26-11-4-6-15(3)20(26)23-18/h4,6,11,14,16-17H,5,7-10,12-13H2,1-3H3/t17-/m0/s1. The lowest BCUT2D eigenvalue weighted by atomic mass is 10.0. The fourth-order valence-electron chi connectivity index (χ4n) is 4.20. The quantitative estimate of drug-likeness (QED) is 0.826. The van der Waals surface area contributed by atoms with E-state index in [1.807, 2.05) is 17.9 Å². The summed E-state index contributed by atoms with van der Waals surface area (Å²) in [6.07, 6.45) is 5.21. The molecule has 4 rings (SSSR count). The van der Waals surface area contributed by atoms with Gasteiger partial charge >= 0.3 is 0 Å². The molecule has 0 aromatic carbocycles. The summed E-state index contributed by atoms with van der Waals surface area (Å²) in [6, 6.07) is 3.98. The van der Waals surface area contributed by atoms with Crippen LogP contribution >= 0.6 is 0 Å². The van der Waals surface area contributed by atoms with E-state index in [2.05, 4.69) is 23.7 Å². The smallest absolute Gasteiger partial charge is 0.277 e. The molecule has 1 saturated heterocycles. The fourth-order valence-corrected chi connectivity index (χ4v) is 4.20. The zero-order valence-electron chi connectivity index (χ0n) is 16.5. The van der Waals surface area contributed by atoms with Crippen molar-refractivity contribution in [3.05, 3.63) is 35.5 Å². The minimum Gasteiger partial charge on any atom is -0.336 e. The lowest BCUT2D eigenvalue weighted by Gasteiger charge is -2.34. The highest BCUT2D eigenvalue weighted by Crippen LogP contribution is 2.32. The Balaban J connectivity index is 1.59. The Hall–Kier alpha value is -1.95. The molecule has 2 aromatic rings. The zero-order chi connectivity index (χ0) is 19.1. The van der Waals surface area contributed by atoms with Crippen molar-refractivity contribution in [2.75, 3.05) is 26.2 Å². The molecule has 5 nitrogen and oxygen atoms in total. The summed E-state index contributed by atoms with van der Waals surface area (Å²) in [6.45, 7) is 9.76. The van der Waals surface area contributed by atoms with E-state index in [4.69, 9.17) is 0 Å². The minimum atomic E-state index is -0.557. The average Bonchev–Trinajstić information content (AvgIpc) is 3.42. The van der Waals surface area contributed by atoms with Crippen LogP contribution in [0, 0.1) is 24.7 Å². The van der Waals surface area contributed by atoms with Crippen molar-refractivity contribution in [1.82, 2.24) is 19.2 Å². The zero-order valence-corrected chi connectivity index (χ0v) is 16.5. The summed E-state index contributed by atoms with van der Waals surface area (Å²) in [5.74, 6) is 0.436. The minimum absolute atomic E-state index is 0.0533. The molecule has 1 amide bonds. The summed E-state index contributed by atoms with van der Waals surface area (Å²) in [7, 11) is 0. The molecule has 27 heavy (non-hydrogen) atoms. The van der Waals surface area contributed by atoms with Crippen LogP contribution in [0.25, 0.3) is 5.65 Å². The van der Waals surface area contributed by atoms with E-state index in [9.17, 15) is 9.18 Å². The first kappa shape index (κ1) is 18.4. The Morgan fingerprint density at radius 3 is 2.78 bits per heavy atom. The van der Waals surface area contributed by atoms with E-state index in [0.29, 0.717) is 30.7 Å². The van der Waals surface area contributed by atoms with Crippen LogP contribution in [-0.2, 0) is 0 Å². The van der Waals surface area contributed by atoms with E-state index >= 15 is 0 Å². The van der Waals surface area contributed by atoms with Crippen molar-refractivity contribution < 1.29 is 9.18 Å². The first-order valence-corrected chi connectivity index (χ1v) is 10.1. The summed E-state index contributed by atoms with van der Waals surface area (Å²) in [5, 5.41) is 0. The second-order valence-electron chi connectivity index (χ2n) is 8.49. The third-order valence-electron chi connectivity index (χ3n) is 5.99. The van der Waals surface area contributed by atoms with Crippen molar-refractivity contribution >= 4 is 11.6 Å². The molecule has 146 valence electrons. The van der Waals surface area contributed by atoms with Gasteiger partial charge in [0.1, 0.15) is 5.65 Å². The molecule has 3 heterocycles. The fraction of sp³-hybridized carbons (Fsp3) is 0.619. The molecule has 1 aliphatic carbocycles. The molecule has 0 bridgehead atoms. The second kappa shape index (κ2) is 7.23. The Morgan fingerprint density at radius 2 is 2.11 bits per heavy atom. The van der Waals surface area contributed by atoms with Gasteiger partial charge in [-0.05, 0) is 49.7 Å². The highest BCUT2D eigenvalue weighted by atomic mass is 19.1. The van der Waals surface area contributed by atoms with Crippen LogP contribution < -0.4 is 0 Å². The van der Waals surface area contributed by atoms with Crippen LogP contribution in [-0.4, -0.2) is 57.3 Å². The van der Waals surface area contributed by atoms with E-state index in [-0.39, 0.29) is 11.6 Å².